The van der Waals surface area contributed by atoms with Crippen molar-refractivity contribution in [1.29, 1.82) is 0 Å². The van der Waals surface area contributed by atoms with Gasteiger partial charge in [-0.15, -0.1) is 0 Å². The van der Waals surface area contributed by atoms with Gasteiger partial charge in [0, 0.05) is 31.4 Å². The Kier molecular flexibility index (Phi) is 5.46. The highest BCUT2D eigenvalue weighted by Crippen LogP contribution is 2.18. The van der Waals surface area contributed by atoms with Crippen molar-refractivity contribution in [2.45, 2.75) is 57.2 Å². The summed E-state index contributed by atoms with van der Waals surface area (Å²) in [6.45, 7) is 3.82. The number of amides is 1. The van der Waals surface area contributed by atoms with Crippen molar-refractivity contribution in [2.75, 3.05) is 18.4 Å². The van der Waals surface area contributed by atoms with E-state index in [4.69, 9.17) is 0 Å². The van der Waals surface area contributed by atoms with Gasteiger partial charge >= 0.3 is 0 Å². The zero-order valence-electron chi connectivity index (χ0n) is 13.8. The van der Waals surface area contributed by atoms with Crippen LogP contribution in [-0.4, -0.2) is 47.0 Å². The Morgan fingerprint density at radius 2 is 2.17 bits per heavy atom. The van der Waals surface area contributed by atoms with Crippen LogP contribution in [0.15, 0.2) is 24.4 Å². The van der Waals surface area contributed by atoms with E-state index in [0.29, 0.717) is 12.1 Å². The molecule has 1 amide bonds. The minimum atomic E-state index is -0.0631. The number of carbonyl (C=O) groups is 1. The first-order chi connectivity index (χ1) is 11.3. The molecule has 2 atom stereocenters. The van der Waals surface area contributed by atoms with E-state index in [1.54, 1.807) is 6.20 Å². The first kappa shape index (κ1) is 16.2. The lowest BCUT2D eigenvalue weighted by Gasteiger charge is -2.34. The van der Waals surface area contributed by atoms with Gasteiger partial charge in [-0.1, -0.05) is 19.4 Å². The molecule has 23 heavy (non-hydrogen) atoms. The third kappa shape index (κ3) is 4.20. The molecule has 2 fully saturated rings. The molecule has 3 rings (SSSR count). The molecule has 0 aromatic carbocycles. The Morgan fingerprint density at radius 3 is 2.87 bits per heavy atom. The molecule has 126 valence electrons. The Bertz CT molecular complexity index is 501. The van der Waals surface area contributed by atoms with Gasteiger partial charge in [0.1, 0.15) is 11.9 Å². The van der Waals surface area contributed by atoms with E-state index in [2.05, 4.69) is 28.1 Å². The highest BCUT2D eigenvalue weighted by atomic mass is 16.2. The number of aromatic nitrogens is 1. The summed E-state index contributed by atoms with van der Waals surface area (Å²) in [4.78, 5) is 18.9. The molecule has 6 nitrogen and oxygen atoms in total. The Labute approximate surface area is 138 Å². The van der Waals surface area contributed by atoms with Crippen LogP contribution in [0.3, 0.4) is 0 Å². The molecule has 3 heterocycles. The van der Waals surface area contributed by atoms with Gasteiger partial charge in [-0.3, -0.25) is 10.2 Å². The summed E-state index contributed by atoms with van der Waals surface area (Å²) in [5.74, 6) is 1.16. The topological polar surface area (TPSA) is 69.3 Å². The van der Waals surface area contributed by atoms with Crippen molar-refractivity contribution in [2.24, 2.45) is 0 Å². The summed E-state index contributed by atoms with van der Waals surface area (Å²) in [6, 6.07) is 6.65. The second-order valence-electron chi connectivity index (χ2n) is 6.52. The number of hydrogen-bond donors (Lipinski definition) is 3. The van der Waals surface area contributed by atoms with Crippen molar-refractivity contribution in [3.63, 3.8) is 0 Å². The van der Waals surface area contributed by atoms with E-state index in [9.17, 15) is 4.79 Å². The van der Waals surface area contributed by atoms with Crippen LogP contribution in [0.2, 0.25) is 0 Å². The van der Waals surface area contributed by atoms with E-state index < -0.39 is 0 Å². The highest BCUT2D eigenvalue weighted by molar-refractivity contribution is 5.82. The maximum absolute atomic E-state index is 12.6. The van der Waals surface area contributed by atoms with Crippen molar-refractivity contribution in [1.82, 2.24) is 20.7 Å². The highest BCUT2D eigenvalue weighted by Gasteiger charge is 2.33. The maximum Gasteiger partial charge on any atom is 0.241 e. The van der Waals surface area contributed by atoms with Gasteiger partial charge in [0.05, 0.1) is 0 Å². The number of pyridine rings is 1. The SMILES string of the molecule is CCCC1CC(C(=O)N2CCC(Nc3ccccn3)CC2)NN1. The fourth-order valence-corrected chi connectivity index (χ4v) is 3.44. The summed E-state index contributed by atoms with van der Waals surface area (Å²) in [5.41, 5.74) is 6.42. The molecule has 3 N–H and O–H groups in total. The molecular formula is C17H27N5O. The van der Waals surface area contributed by atoms with Gasteiger partial charge in [0.25, 0.3) is 0 Å². The van der Waals surface area contributed by atoms with Gasteiger partial charge in [-0.05, 0) is 37.8 Å². The summed E-state index contributed by atoms with van der Waals surface area (Å²) in [5, 5.41) is 3.46. The van der Waals surface area contributed by atoms with Crippen LogP contribution < -0.4 is 16.2 Å². The van der Waals surface area contributed by atoms with Gasteiger partial charge in [0.2, 0.25) is 5.91 Å². The van der Waals surface area contributed by atoms with Gasteiger partial charge in [-0.2, -0.15) is 0 Å². The van der Waals surface area contributed by atoms with E-state index >= 15 is 0 Å². The van der Waals surface area contributed by atoms with Crippen LogP contribution in [0.5, 0.6) is 0 Å². The molecule has 2 unspecified atom stereocenters. The first-order valence-electron chi connectivity index (χ1n) is 8.73. The Hall–Kier alpha value is -1.66. The van der Waals surface area contributed by atoms with E-state index in [1.807, 2.05) is 23.1 Å². The number of hydrazine groups is 1. The lowest BCUT2D eigenvalue weighted by molar-refractivity contribution is -0.134. The van der Waals surface area contributed by atoms with Crippen molar-refractivity contribution in [3.05, 3.63) is 24.4 Å². The largest absolute Gasteiger partial charge is 0.367 e. The summed E-state index contributed by atoms with van der Waals surface area (Å²) < 4.78 is 0. The van der Waals surface area contributed by atoms with E-state index in [1.165, 1.54) is 0 Å². The number of piperidine rings is 1. The van der Waals surface area contributed by atoms with Gasteiger partial charge in [-0.25, -0.2) is 10.4 Å². The zero-order chi connectivity index (χ0) is 16.1. The average Bonchev–Trinajstić information content (AvgIpc) is 3.05. The molecule has 0 saturated carbocycles. The first-order valence-corrected chi connectivity index (χ1v) is 8.73. The molecule has 0 spiro atoms. The second kappa shape index (κ2) is 7.75. The average molecular weight is 317 g/mol. The predicted octanol–water partition coefficient (Wildman–Crippen LogP) is 1.52. The van der Waals surface area contributed by atoms with Crippen molar-refractivity contribution < 1.29 is 4.79 Å². The van der Waals surface area contributed by atoms with Gasteiger partial charge < -0.3 is 10.2 Å². The number of hydrogen-bond acceptors (Lipinski definition) is 5. The normalized spacial score (nSPS) is 25.5. The minimum absolute atomic E-state index is 0.0631. The molecule has 1 aromatic heterocycles. The Balaban J connectivity index is 1.44. The smallest absolute Gasteiger partial charge is 0.241 e. The van der Waals surface area contributed by atoms with Crippen molar-refractivity contribution in [3.8, 4) is 0 Å². The zero-order valence-corrected chi connectivity index (χ0v) is 13.8. The van der Waals surface area contributed by atoms with E-state index in [-0.39, 0.29) is 11.9 Å². The Morgan fingerprint density at radius 1 is 1.35 bits per heavy atom. The molecule has 2 saturated heterocycles. The third-order valence-electron chi connectivity index (χ3n) is 4.74. The quantitative estimate of drug-likeness (QED) is 0.768. The van der Waals surface area contributed by atoms with Crippen LogP contribution in [0.1, 0.15) is 39.0 Å². The molecule has 6 heteroatoms. The van der Waals surface area contributed by atoms with E-state index in [0.717, 1.165) is 51.0 Å². The van der Waals surface area contributed by atoms with Gasteiger partial charge in [0.15, 0.2) is 0 Å². The number of rotatable bonds is 5. The maximum atomic E-state index is 12.6. The van der Waals surface area contributed by atoms with Crippen LogP contribution in [0.25, 0.3) is 0 Å². The molecule has 0 radical (unpaired) electrons. The van der Waals surface area contributed by atoms with Crippen LogP contribution in [0.4, 0.5) is 5.82 Å². The lowest BCUT2D eigenvalue weighted by Crippen LogP contribution is -2.50. The fourth-order valence-electron chi connectivity index (χ4n) is 3.44. The molecule has 0 aliphatic carbocycles. The van der Waals surface area contributed by atoms with Crippen molar-refractivity contribution >= 4 is 11.7 Å². The third-order valence-corrected chi connectivity index (χ3v) is 4.74. The number of nitrogens with zero attached hydrogens (tertiary/aromatic N) is 2. The standard InChI is InChI=1S/C17H27N5O/c1-2-5-14-12-15(21-20-14)17(23)22-10-7-13(8-11-22)19-16-6-3-4-9-18-16/h3-4,6,9,13-15,20-21H,2,5,7-8,10-12H2,1H3,(H,18,19). The summed E-state index contributed by atoms with van der Waals surface area (Å²) >= 11 is 0. The summed E-state index contributed by atoms with van der Waals surface area (Å²) in [7, 11) is 0. The second-order valence-corrected chi connectivity index (χ2v) is 6.52. The van der Waals surface area contributed by atoms with Crippen LogP contribution in [-0.2, 0) is 4.79 Å². The molecular weight excluding hydrogens is 290 g/mol. The van der Waals surface area contributed by atoms with Crippen LogP contribution >= 0.6 is 0 Å². The monoisotopic (exact) mass is 317 g/mol. The lowest BCUT2D eigenvalue weighted by atomic mass is 10.0. The predicted molar refractivity (Wildman–Crippen MR) is 90.8 cm³/mol. The summed E-state index contributed by atoms with van der Waals surface area (Å²) in [6.07, 6.45) is 6.91. The molecule has 0 bridgehead atoms. The molecule has 2 aliphatic heterocycles. The number of nitrogens with one attached hydrogen (secondary N) is 3. The number of likely N-dealkylation sites (tertiary alicyclic amines) is 1. The minimum Gasteiger partial charge on any atom is -0.367 e. The van der Waals surface area contributed by atoms with Crippen LogP contribution in [0, 0.1) is 0 Å². The number of carbonyl (C=O) groups excluding carboxylic acids is 1. The number of anilines is 1. The molecule has 1 aromatic rings. The molecule has 2 aliphatic rings. The fraction of sp³-hybridized carbons (Fsp3) is 0.647.